The molecule has 1 amide bonds. The van der Waals surface area contributed by atoms with Crippen LogP contribution in [0.15, 0.2) is 29.5 Å². The fraction of sp³-hybridized carbons (Fsp3) is 0.421. The number of nitrogens with zero attached hydrogens (tertiary/aromatic N) is 2. The van der Waals surface area contributed by atoms with E-state index in [1.54, 1.807) is 17.0 Å². The lowest BCUT2D eigenvalue weighted by molar-refractivity contribution is -0.140. The van der Waals surface area contributed by atoms with E-state index in [9.17, 15) is 14.4 Å². The summed E-state index contributed by atoms with van der Waals surface area (Å²) in [5.41, 5.74) is 2.28. The highest BCUT2D eigenvalue weighted by molar-refractivity contribution is 6.05. The van der Waals surface area contributed by atoms with Crippen LogP contribution in [0.1, 0.15) is 28.8 Å². The van der Waals surface area contributed by atoms with Gasteiger partial charge in [0, 0.05) is 29.4 Å². The molecule has 0 unspecified atom stereocenters. The first kappa shape index (κ1) is 17.5. The summed E-state index contributed by atoms with van der Waals surface area (Å²) in [6.07, 6.45) is 2.03. The third-order valence-electron chi connectivity index (χ3n) is 5.08. The molecule has 27 heavy (non-hydrogen) atoms. The highest BCUT2D eigenvalue weighted by Crippen LogP contribution is 2.40. The first-order valence-corrected chi connectivity index (χ1v) is 8.74. The van der Waals surface area contributed by atoms with Crippen molar-refractivity contribution >= 4 is 23.5 Å². The van der Waals surface area contributed by atoms with Gasteiger partial charge >= 0.3 is 11.9 Å². The molecule has 8 nitrogen and oxygen atoms in total. The van der Waals surface area contributed by atoms with E-state index in [-0.39, 0.29) is 36.6 Å². The molecule has 0 bridgehead atoms. The smallest absolute Gasteiger partial charge is 0.355 e. The summed E-state index contributed by atoms with van der Waals surface area (Å²) >= 11 is 0. The fourth-order valence-electron chi connectivity index (χ4n) is 3.61. The number of hydrogen-bond donors (Lipinski definition) is 0. The van der Waals surface area contributed by atoms with Crippen molar-refractivity contribution in [3.05, 3.63) is 40.6 Å². The zero-order chi connectivity index (χ0) is 19.1. The van der Waals surface area contributed by atoms with Crippen molar-refractivity contribution in [2.45, 2.75) is 25.4 Å². The second kappa shape index (κ2) is 6.70. The largest absolute Gasteiger partial charge is 0.466 e. The van der Waals surface area contributed by atoms with E-state index in [4.69, 9.17) is 14.2 Å². The van der Waals surface area contributed by atoms with Gasteiger partial charge < -0.3 is 24.0 Å². The summed E-state index contributed by atoms with van der Waals surface area (Å²) in [6, 6.07) is 5.66. The number of hydrogen-bond acceptors (Lipinski definition) is 7. The maximum absolute atomic E-state index is 12.7. The summed E-state index contributed by atoms with van der Waals surface area (Å²) in [5.74, 6) is -1.30. The minimum absolute atomic E-state index is 0.00377. The van der Waals surface area contributed by atoms with Crippen LogP contribution < -0.4 is 4.90 Å². The van der Waals surface area contributed by atoms with Crippen molar-refractivity contribution in [2.75, 3.05) is 32.5 Å². The van der Waals surface area contributed by atoms with Crippen LogP contribution >= 0.6 is 0 Å². The first-order chi connectivity index (χ1) is 13.1. The van der Waals surface area contributed by atoms with Crippen molar-refractivity contribution < 1.29 is 28.6 Å². The molecule has 2 aliphatic heterocycles. The van der Waals surface area contributed by atoms with Crippen LogP contribution in [0, 0.1) is 0 Å². The quantitative estimate of drug-likeness (QED) is 0.734. The van der Waals surface area contributed by atoms with Crippen molar-refractivity contribution in [1.29, 1.82) is 0 Å². The minimum Gasteiger partial charge on any atom is -0.466 e. The lowest BCUT2D eigenvalue weighted by atomic mass is 10.1. The Kier molecular flexibility index (Phi) is 4.35. The number of benzene rings is 1. The van der Waals surface area contributed by atoms with Crippen molar-refractivity contribution in [2.24, 2.45) is 0 Å². The van der Waals surface area contributed by atoms with Gasteiger partial charge in [0.05, 0.1) is 26.4 Å². The maximum Gasteiger partial charge on any atom is 0.355 e. The average molecular weight is 372 g/mol. The first-order valence-electron chi connectivity index (χ1n) is 8.74. The summed E-state index contributed by atoms with van der Waals surface area (Å²) in [7, 11) is 2.50. The Hall–Kier alpha value is -2.87. The van der Waals surface area contributed by atoms with Gasteiger partial charge in [-0.05, 0) is 25.0 Å². The second-order valence-electron chi connectivity index (χ2n) is 6.68. The van der Waals surface area contributed by atoms with Gasteiger partial charge in [-0.1, -0.05) is 6.07 Å². The lowest BCUT2D eigenvalue weighted by Gasteiger charge is -2.32. The Bertz CT molecular complexity index is 858. The molecule has 1 aromatic carbocycles. The van der Waals surface area contributed by atoms with Crippen molar-refractivity contribution in [3.63, 3.8) is 0 Å². The van der Waals surface area contributed by atoms with Gasteiger partial charge in [0.25, 0.3) is 5.91 Å². The van der Waals surface area contributed by atoms with E-state index in [0.29, 0.717) is 17.8 Å². The Morgan fingerprint density at radius 1 is 1.15 bits per heavy atom. The average Bonchev–Trinajstić information content (AvgIpc) is 3.49. The Morgan fingerprint density at radius 3 is 2.56 bits per heavy atom. The zero-order valence-electron chi connectivity index (χ0n) is 15.2. The highest BCUT2D eigenvalue weighted by Gasteiger charge is 2.41. The fourth-order valence-corrected chi connectivity index (χ4v) is 3.61. The predicted molar refractivity (Wildman–Crippen MR) is 93.7 cm³/mol. The summed E-state index contributed by atoms with van der Waals surface area (Å²) < 4.78 is 15.2. The van der Waals surface area contributed by atoms with Crippen LogP contribution in [0.4, 0.5) is 5.69 Å². The number of carbonyl (C=O) groups is 3. The molecule has 0 aromatic heterocycles. The number of esters is 2. The summed E-state index contributed by atoms with van der Waals surface area (Å²) in [6.45, 7) is 0.502. The van der Waals surface area contributed by atoms with Crippen LogP contribution in [-0.2, 0) is 30.3 Å². The van der Waals surface area contributed by atoms with E-state index in [2.05, 4.69) is 0 Å². The van der Waals surface area contributed by atoms with Crippen LogP contribution in [-0.4, -0.2) is 56.3 Å². The van der Waals surface area contributed by atoms with E-state index >= 15 is 0 Å². The standard InChI is InChI=1S/C19H20N2O6/c1-25-18(23)14-9-27-10-21(16(14)19(24)26-2)15-5-3-4-12-13(15)8-20(17(12)22)11-6-7-11/h3-5,11H,6-10H2,1-2H3. The van der Waals surface area contributed by atoms with Gasteiger partial charge in [0.15, 0.2) is 0 Å². The zero-order valence-corrected chi connectivity index (χ0v) is 15.2. The van der Waals surface area contributed by atoms with Gasteiger partial charge in [-0.3, -0.25) is 4.79 Å². The third-order valence-corrected chi connectivity index (χ3v) is 5.08. The van der Waals surface area contributed by atoms with E-state index < -0.39 is 11.9 Å². The molecule has 1 fully saturated rings. The molecule has 2 heterocycles. The van der Waals surface area contributed by atoms with Crippen molar-refractivity contribution in [3.8, 4) is 0 Å². The van der Waals surface area contributed by atoms with Crippen molar-refractivity contribution in [1.82, 2.24) is 4.90 Å². The topological polar surface area (TPSA) is 85.4 Å². The number of methoxy groups -OCH3 is 2. The number of ether oxygens (including phenoxy) is 3. The second-order valence-corrected chi connectivity index (χ2v) is 6.68. The molecular weight excluding hydrogens is 352 g/mol. The van der Waals surface area contributed by atoms with Gasteiger partial charge in [-0.15, -0.1) is 0 Å². The van der Waals surface area contributed by atoms with Gasteiger partial charge in [0.1, 0.15) is 12.4 Å². The van der Waals surface area contributed by atoms with E-state index in [1.165, 1.54) is 14.2 Å². The lowest BCUT2D eigenvalue weighted by Crippen LogP contribution is -2.39. The Balaban J connectivity index is 1.80. The third kappa shape index (κ3) is 2.86. The van der Waals surface area contributed by atoms with Crippen LogP contribution in [0.25, 0.3) is 0 Å². The Labute approximate surface area is 156 Å². The number of rotatable bonds is 4. The highest BCUT2D eigenvalue weighted by atomic mass is 16.5. The molecule has 0 saturated heterocycles. The molecule has 0 N–H and O–H groups in total. The molecule has 4 rings (SSSR count). The molecule has 1 aromatic rings. The maximum atomic E-state index is 12.7. The Morgan fingerprint density at radius 2 is 1.89 bits per heavy atom. The molecule has 3 aliphatic rings. The van der Waals surface area contributed by atoms with Gasteiger partial charge in [0.2, 0.25) is 0 Å². The molecule has 1 aliphatic carbocycles. The molecule has 0 radical (unpaired) electrons. The molecular formula is C19H20N2O6. The molecule has 8 heteroatoms. The van der Waals surface area contributed by atoms with Gasteiger partial charge in [-0.25, -0.2) is 9.59 Å². The summed E-state index contributed by atoms with van der Waals surface area (Å²) in [5, 5.41) is 0. The van der Waals surface area contributed by atoms with E-state index in [0.717, 1.165) is 18.4 Å². The van der Waals surface area contributed by atoms with Crippen LogP contribution in [0.3, 0.4) is 0 Å². The summed E-state index contributed by atoms with van der Waals surface area (Å²) in [4.78, 5) is 40.8. The minimum atomic E-state index is -0.653. The monoisotopic (exact) mass is 372 g/mol. The van der Waals surface area contributed by atoms with Gasteiger partial charge in [-0.2, -0.15) is 0 Å². The SMILES string of the molecule is COC(=O)C1=C(C(=O)OC)N(c2cccc3c2CN(C2CC2)C3=O)COC1. The van der Waals surface area contributed by atoms with Crippen LogP contribution in [0.2, 0.25) is 0 Å². The number of fused-ring (bicyclic) bond motifs is 1. The molecule has 142 valence electrons. The molecule has 1 saturated carbocycles. The number of anilines is 1. The number of carbonyl (C=O) groups excluding carboxylic acids is 3. The predicted octanol–water partition coefficient (Wildman–Crippen LogP) is 1.20. The molecule has 0 spiro atoms. The normalized spacial score (nSPS) is 19.3. The number of amides is 1. The van der Waals surface area contributed by atoms with Crippen LogP contribution in [0.5, 0.6) is 0 Å². The molecule has 0 atom stereocenters. The van der Waals surface area contributed by atoms with E-state index in [1.807, 2.05) is 11.0 Å².